The number of likely N-dealkylation sites (tertiary alicyclic amines) is 1. The molecule has 14 heteroatoms. The molecule has 334 valence electrons. The van der Waals surface area contributed by atoms with E-state index >= 15 is 4.39 Å². The highest BCUT2D eigenvalue weighted by Crippen LogP contribution is 2.38. The van der Waals surface area contributed by atoms with E-state index in [4.69, 9.17) is 21.2 Å². The van der Waals surface area contributed by atoms with Crippen LogP contribution in [0.2, 0.25) is 5.02 Å². The number of piperazine rings is 1. The highest BCUT2D eigenvalue weighted by Gasteiger charge is 2.23. The van der Waals surface area contributed by atoms with Crippen molar-refractivity contribution in [3.8, 4) is 22.4 Å². The Balaban J connectivity index is 0.00000199. The van der Waals surface area contributed by atoms with E-state index in [9.17, 15) is 8.42 Å². The zero-order valence-electron chi connectivity index (χ0n) is 36.4. The van der Waals surface area contributed by atoms with Gasteiger partial charge in [-0.3, -0.25) is 4.72 Å². The summed E-state index contributed by atoms with van der Waals surface area (Å²) in [6.45, 7) is 10.3. The highest BCUT2D eigenvalue weighted by atomic mass is 35.5. The number of hydrogen-bond acceptors (Lipinski definition) is 9. The molecule has 0 unspecified atom stereocenters. The van der Waals surface area contributed by atoms with E-state index in [0.717, 1.165) is 82.5 Å². The summed E-state index contributed by atoms with van der Waals surface area (Å²) in [7, 11) is -1.79. The van der Waals surface area contributed by atoms with E-state index in [-0.39, 0.29) is 22.9 Å². The van der Waals surface area contributed by atoms with E-state index in [1.54, 1.807) is 24.3 Å². The maximum absolute atomic E-state index is 15.3. The number of aryl methyl sites for hydroxylation is 2. The molecule has 1 atom stereocenters. The molecule has 2 saturated heterocycles. The summed E-state index contributed by atoms with van der Waals surface area (Å²) in [6, 6.07) is 38.8. The molecule has 3 heterocycles. The van der Waals surface area contributed by atoms with Gasteiger partial charge < -0.3 is 24.6 Å². The van der Waals surface area contributed by atoms with Gasteiger partial charge in [-0.15, -0.1) is 11.8 Å². The Morgan fingerprint density at radius 3 is 2.08 bits per heavy atom. The summed E-state index contributed by atoms with van der Waals surface area (Å²) in [4.78, 5) is 24.8. The van der Waals surface area contributed by atoms with Crippen LogP contribution < -0.4 is 19.8 Å². The van der Waals surface area contributed by atoms with Crippen molar-refractivity contribution in [1.82, 2.24) is 9.47 Å². The first-order valence-corrected chi connectivity index (χ1v) is 24.4. The Labute approximate surface area is 385 Å². The third kappa shape index (κ3) is 11.8. The molecule has 2 aliphatic rings. The smallest absolute Gasteiger partial charge is 0.373 e. The molecule has 10 nitrogen and oxygen atoms in total. The van der Waals surface area contributed by atoms with Crippen molar-refractivity contribution in [2.24, 2.45) is 7.05 Å². The molecule has 0 aliphatic carbocycles. The Kier molecular flexibility index (Phi) is 15.5. The molecule has 0 radical (unpaired) electrons. The number of aromatic nitrogens is 1. The Bertz CT molecular complexity index is 2640. The first kappa shape index (κ1) is 46.4. The third-order valence-corrected chi connectivity index (χ3v) is 14.8. The predicted octanol–water partition coefficient (Wildman–Crippen LogP) is 10.4. The van der Waals surface area contributed by atoms with E-state index < -0.39 is 10.0 Å². The van der Waals surface area contributed by atoms with Gasteiger partial charge >= 0.3 is 6.15 Å². The fourth-order valence-corrected chi connectivity index (χ4v) is 10.7. The van der Waals surface area contributed by atoms with Gasteiger partial charge in [0.05, 0.1) is 10.6 Å². The lowest BCUT2D eigenvalue weighted by molar-refractivity contribution is -0.191. The number of benzene rings is 5. The van der Waals surface area contributed by atoms with Gasteiger partial charge in [-0.25, -0.2) is 12.8 Å². The molecule has 0 saturated carbocycles. The standard InChI is InChI=1S/C49H54ClFN6O2S2.CO2/c1-35-29-46(19-20-48(35)52-42(21-24-55-22-7-8-23-55)34-60-45-9-5-4-6-10-45)61(58,59)53-41-15-17-43(18-16-41)56-25-27-57(28-26-56)44-32-38(31-40(51)33-44)47-30-36(2)54(3)49(47)37-11-13-39(50)14-12-37;2-1-3/h4-6,9-20,29-33,42,52-53H,7-8,21-28,34H2,1-3H3;/t42-;/m1./s1. The zero-order chi connectivity index (χ0) is 45.2. The van der Waals surface area contributed by atoms with Crippen LogP contribution in [0.25, 0.3) is 22.4 Å². The molecule has 8 rings (SSSR count). The van der Waals surface area contributed by atoms with Gasteiger partial charge in [0.25, 0.3) is 10.0 Å². The second kappa shape index (κ2) is 21.4. The van der Waals surface area contributed by atoms with E-state index in [0.29, 0.717) is 23.8 Å². The van der Waals surface area contributed by atoms with Gasteiger partial charge in [-0.2, -0.15) is 9.59 Å². The Hall–Kier alpha value is -5.56. The van der Waals surface area contributed by atoms with Crippen molar-refractivity contribution in [2.75, 3.05) is 71.4 Å². The van der Waals surface area contributed by atoms with Crippen LogP contribution in [0.5, 0.6) is 0 Å². The number of hydrogen-bond donors (Lipinski definition) is 2. The number of rotatable bonds is 15. The minimum Gasteiger partial charge on any atom is -0.381 e. The quantitative estimate of drug-likeness (QED) is 0.0974. The second-order valence-corrected chi connectivity index (χ2v) is 19.5. The first-order valence-electron chi connectivity index (χ1n) is 21.5. The lowest BCUT2D eigenvalue weighted by atomic mass is 10.00. The summed E-state index contributed by atoms with van der Waals surface area (Å²) < 4.78 is 47.5. The summed E-state index contributed by atoms with van der Waals surface area (Å²) >= 11 is 8.04. The van der Waals surface area contributed by atoms with Gasteiger partial charge in [-0.05, 0) is 154 Å². The minimum atomic E-state index is -3.82. The van der Waals surface area contributed by atoms with Crippen LogP contribution in [0.15, 0.2) is 131 Å². The normalized spacial score (nSPS) is 14.7. The predicted molar refractivity (Wildman–Crippen MR) is 259 cm³/mol. The largest absolute Gasteiger partial charge is 0.381 e. The summed E-state index contributed by atoms with van der Waals surface area (Å²) in [6.07, 6.45) is 3.81. The van der Waals surface area contributed by atoms with E-state index in [1.165, 1.54) is 30.8 Å². The lowest BCUT2D eigenvalue weighted by Crippen LogP contribution is -2.46. The Morgan fingerprint density at radius 1 is 0.766 bits per heavy atom. The van der Waals surface area contributed by atoms with E-state index in [2.05, 4.69) is 72.6 Å². The molecule has 2 fully saturated rings. The number of nitrogens with zero attached hydrogens (tertiary/aromatic N) is 4. The maximum Gasteiger partial charge on any atom is 0.373 e. The number of carbonyl (C=O) groups excluding carboxylic acids is 2. The fourth-order valence-electron chi connectivity index (χ4n) is 8.44. The van der Waals surface area contributed by atoms with Crippen molar-refractivity contribution >= 4 is 62.3 Å². The van der Waals surface area contributed by atoms with Crippen LogP contribution >= 0.6 is 23.4 Å². The SMILES string of the molecule is Cc1cc(S(=O)(=O)Nc2ccc(N3CCN(c4cc(F)cc(-c5cc(C)n(C)c5-c5ccc(Cl)cc5)c4)CC3)cc2)ccc1N[C@H](CCN1CCCC1)CSc1ccccc1.O=C=O. The molecule has 6 aromatic rings. The maximum atomic E-state index is 15.3. The summed E-state index contributed by atoms with van der Waals surface area (Å²) in [5.74, 6) is 0.644. The molecular weight excluding hydrogens is 867 g/mol. The fraction of sp³-hybridized carbons (Fsp3) is 0.300. The molecule has 0 bridgehead atoms. The van der Waals surface area contributed by atoms with Crippen LogP contribution in [0.4, 0.5) is 27.1 Å². The van der Waals surface area contributed by atoms with Gasteiger partial charge in [-0.1, -0.05) is 41.9 Å². The van der Waals surface area contributed by atoms with Gasteiger partial charge in [0.2, 0.25) is 0 Å². The lowest BCUT2D eigenvalue weighted by Gasteiger charge is -2.37. The van der Waals surface area contributed by atoms with Crippen molar-refractivity contribution in [3.63, 3.8) is 0 Å². The molecule has 2 aliphatic heterocycles. The minimum absolute atomic E-state index is 0.229. The van der Waals surface area contributed by atoms with Crippen molar-refractivity contribution in [1.29, 1.82) is 0 Å². The van der Waals surface area contributed by atoms with Crippen LogP contribution in [0.3, 0.4) is 0 Å². The number of halogens is 2. The van der Waals surface area contributed by atoms with Crippen LogP contribution in [0, 0.1) is 19.7 Å². The van der Waals surface area contributed by atoms with Crippen molar-refractivity contribution < 1.29 is 22.4 Å². The molecule has 64 heavy (non-hydrogen) atoms. The molecule has 0 amide bonds. The van der Waals surface area contributed by atoms with Crippen molar-refractivity contribution in [2.45, 2.75) is 48.9 Å². The molecule has 1 aromatic heterocycles. The molecular formula is C50H54ClFN6O4S2. The third-order valence-electron chi connectivity index (χ3n) is 12.0. The number of sulfonamides is 1. The molecule has 2 N–H and O–H groups in total. The van der Waals surface area contributed by atoms with E-state index in [1.807, 2.05) is 86.4 Å². The van der Waals surface area contributed by atoms with Gasteiger partial charge in [0, 0.05) is 95.5 Å². The van der Waals surface area contributed by atoms with Gasteiger partial charge in [0.1, 0.15) is 5.82 Å². The molecule has 5 aromatic carbocycles. The summed E-state index contributed by atoms with van der Waals surface area (Å²) in [5, 5.41) is 4.42. The Morgan fingerprint density at radius 2 is 1.42 bits per heavy atom. The molecule has 0 spiro atoms. The topological polar surface area (TPSA) is 107 Å². The number of anilines is 4. The zero-order valence-corrected chi connectivity index (χ0v) is 38.8. The van der Waals surface area contributed by atoms with Gasteiger partial charge in [0.15, 0.2) is 0 Å². The average molecular weight is 922 g/mol. The summed E-state index contributed by atoms with van der Waals surface area (Å²) in [5.41, 5.74) is 9.12. The highest BCUT2D eigenvalue weighted by molar-refractivity contribution is 7.99. The number of thioether (sulfide) groups is 1. The number of nitrogens with one attached hydrogen (secondary N) is 2. The average Bonchev–Trinajstić information content (AvgIpc) is 3.93. The first-order chi connectivity index (χ1) is 30.9. The second-order valence-electron chi connectivity index (χ2n) is 16.3. The monoisotopic (exact) mass is 920 g/mol. The van der Waals surface area contributed by atoms with Crippen LogP contribution in [-0.4, -0.2) is 81.6 Å². The van der Waals surface area contributed by atoms with Crippen molar-refractivity contribution in [3.05, 3.63) is 143 Å². The van der Waals surface area contributed by atoms with Crippen LogP contribution in [0.1, 0.15) is 30.5 Å². The van der Waals surface area contributed by atoms with Crippen LogP contribution in [-0.2, 0) is 26.7 Å².